The lowest BCUT2D eigenvalue weighted by Crippen LogP contribution is -2.38. The highest BCUT2D eigenvalue weighted by Crippen LogP contribution is 2.24. The SMILES string of the molecule is CN([C@H]1CCN(c2ccc(Cl)cc2)C1)S(C)(=O)=O. The Hall–Kier alpha value is -0.780. The lowest BCUT2D eigenvalue weighted by molar-refractivity contribution is 0.393. The molecule has 1 aromatic carbocycles. The first-order valence-corrected chi connectivity index (χ1v) is 8.04. The molecule has 1 atom stereocenters. The van der Waals surface area contributed by atoms with E-state index in [9.17, 15) is 8.42 Å². The molecule has 0 bridgehead atoms. The highest BCUT2D eigenvalue weighted by Gasteiger charge is 2.30. The third-order valence-electron chi connectivity index (χ3n) is 3.39. The van der Waals surface area contributed by atoms with Crippen LogP contribution in [0.3, 0.4) is 0 Å². The van der Waals surface area contributed by atoms with Gasteiger partial charge in [0, 0.05) is 36.9 Å². The lowest BCUT2D eigenvalue weighted by atomic mass is 10.3. The van der Waals surface area contributed by atoms with Gasteiger partial charge in [0.25, 0.3) is 0 Å². The first-order chi connectivity index (χ1) is 8.38. The minimum atomic E-state index is -3.11. The summed E-state index contributed by atoms with van der Waals surface area (Å²) >= 11 is 5.85. The van der Waals surface area contributed by atoms with Crippen molar-refractivity contribution in [2.45, 2.75) is 12.5 Å². The second-order valence-electron chi connectivity index (χ2n) is 4.64. The van der Waals surface area contributed by atoms with E-state index in [1.165, 1.54) is 10.6 Å². The number of nitrogens with zero attached hydrogens (tertiary/aromatic N) is 2. The molecule has 100 valence electrons. The zero-order chi connectivity index (χ0) is 13.3. The minimum absolute atomic E-state index is 0.0516. The number of likely N-dealkylation sites (N-methyl/N-ethyl adjacent to an activating group) is 1. The molecule has 1 saturated heterocycles. The van der Waals surface area contributed by atoms with Gasteiger partial charge >= 0.3 is 0 Å². The maximum absolute atomic E-state index is 11.5. The second kappa shape index (κ2) is 5.07. The van der Waals surface area contributed by atoms with Crippen LogP contribution in [0, 0.1) is 0 Å². The zero-order valence-electron chi connectivity index (χ0n) is 10.5. The largest absolute Gasteiger partial charge is 0.370 e. The van der Waals surface area contributed by atoms with Crippen LogP contribution in [-0.2, 0) is 10.0 Å². The molecule has 1 aliphatic heterocycles. The molecule has 0 radical (unpaired) electrons. The average molecular weight is 289 g/mol. The van der Waals surface area contributed by atoms with Gasteiger partial charge in [0.15, 0.2) is 0 Å². The van der Waals surface area contributed by atoms with Crippen molar-refractivity contribution >= 4 is 27.3 Å². The molecule has 0 saturated carbocycles. The molecule has 0 N–H and O–H groups in total. The predicted molar refractivity (Wildman–Crippen MR) is 74.7 cm³/mol. The summed E-state index contributed by atoms with van der Waals surface area (Å²) in [5, 5.41) is 0.711. The number of sulfonamides is 1. The van der Waals surface area contributed by atoms with Gasteiger partial charge in [-0.3, -0.25) is 0 Å². The molecule has 2 rings (SSSR count). The molecule has 18 heavy (non-hydrogen) atoms. The van der Waals surface area contributed by atoms with Crippen LogP contribution in [-0.4, -0.2) is 45.2 Å². The van der Waals surface area contributed by atoms with Crippen LogP contribution in [0.2, 0.25) is 5.02 Å². The lowest BCUT2D eigenvalue weighted by Gasteiger charge is -2.23. The quantitative estimate of drug-likeness (QED) is 0.852. The summed E-state index contributed by atoms with van der Waals surface area (Å²) in [6, 6.07) is 7.68. The predicted octanol–water partition coefficient (Wildman–Crippen LogP) is 1.81. The Kier molecular flexibility index (Phi) is 3.84. The first kappa shape index (κ1) is 13.6. The minimum Gasteiger partial charge on any atom is -0.370 e. The van der Waals surface area contributed by atoms with E-state index in [0.717, 1.165) is 25.2 Å². The molecule has 0 aliphatic carbocycles. The summed E-state index contributed by atoms with van der Waals surface area (Å²) in [7, 11) is -1.47. The summed E-state index contributed by atoms with van der Waals surface area (Å²) in [6.07, 6.45) is 2.10. The Morgan fingerprint density at radius 1 is 1.33 bits per heavy atom. The van der Waals surface area contributed by atoms with Crippen LogP contribution in [0.4, 0.5) is 5.69 Å². The first-order valence-electron chi connectivity index (χ1n) is 5.81. The van der Waals surface area contributed by atoms with E-state index in [-0.39, 0.29) is 6.04 Å². The standard InChI is InChI=1S/C12H17ClN2O2S/c1-14(18(2,16)17)12-7-8-15(9-12)11-5-3-10(13)4-6-11/h3-6,12H,7-9H2,1-2H3/t12-/m0/s1. The maximum atomic E-state index is 11.5. The van der Waals surface area contributed by atoms with Gasteiger partial charge in [-0.2, -0.15) is 0 Å². The fraction of sp³-hybridized carbons (Fsp3) is 0.500. The molecule has 1 heterocycles. The van der Waals surface area contributed by atoms with Gasteiger partial charge in [0.1, 0.15) is 0 Å². The molecule has 1 aliphatic rings. The maximum Gasteiger partial charge on any atom is 0.211 e. The highest BCUT2D eigenvalue weighted by atomic mass is 35.5. The van der Waals surface area contributed by atoms with Crippen molar-refractivity contribution in [1.29, 1.82) is 0 Å². The summed E-state index contributed by atoms with van der Waals surface area (Å²) in [6.45, 7) is 1.59. The van der Waals surface area contributed by atoms with E-state index in [1.54, 1.807) is 7.05 Å². The molecule has 0 spiro atoms. The van der Waals surface area contributed by atoms with E-state index < -0.39 is 10.0 Å². The van der Waals surface area contributed by atoms with Crippen molar-refractivity contribution in [3.63, 3.8) is 0 Å². The van der Waals surface area contributed by atoms with Gasteiger partial charge in [-0.1, -0.05) is 11.6 Å². The van der Waals surface area contributed by atoms with Gasteiger partial charge in [0.2, 0.25) is 10.0 Å². The number of hydrogen-bond donors (Lipinski definition) is 0. The fourth-order valence-corrected chi connectivity index (χ4v) is 3.04. The smallest absolute Gasteiger partial charge is 0.211 e. The number of halogens is 1. The van der Waals surface area contributed by atoms with Crippen molar-refractivity contribution in [2.75, 3.05) is 31.3 Å². The Balaban J connectivity index is 2.07. The number of anilines is 1. The molecule has 1 aromatic rings. The Morgan fingerprint density at radius 3 is 2.50 bits per heavy atom. The molecular formula is C12H17ClN2O2S. The summed E-state index contributed by atoms with van der Waals surface area (Å²) in [5.41, 5.74) is 1.09. The van der Waals surface area contributed by atoms with Crippen molar-refractivity contribution in [2.24, 2.45) is 0 Å². The van der Waals surface area contributed by atoms with E-state index in [1.807, 2.05) is 24.3 Å². The molecular weight excluding hydrogens is 272 g/mol. The topological polar surface area (TPSA) is 40.6 Å². The third-order valence-corrected chi connectivity index (χ3v) is 4.99. The van der Waals surface area contributed by atoms with Gasteiger partial charge in [0.05, 0.1) is 6.26 Å². The van der Waals surface area contributed by atoms with Crippen molar-refractivity contribution in [3.05, 3.63) is 29.3 Å². The van der Waals surface area contributed by atoms with Crippen LogP contribution in [0.1, 0.15) is 6.42 Å². The van der Waals surface area contributed by atoms with E-state index in [2.05, 4.69) is 4.90 Å². The molecule has 0 unspecified atom stereocenters. The van der Waals surface area contributed by atoms with Gasteiger partial charge in [-0.25, -0.2) is 12.7 Å². The van der Waals surface area contributed by atoms with Gasteiger partial charge < -0.3 is 4.90 Å². The number of benzene rings is 1. The second-order valence-corrected chi connectivity index (χ2v) is 7.12. The number of hydrogen-bond acceptors (Lipinski definition) is 3. The van der Waals surface area contributed by atoms with Gasteiger partial charge in [-0.05, 0) is 30.7 Å². The third kappa shape index (κ3) is 2.96. The molecule has 0 amide bonds. The van der Waals surface area contributed by atoms with Crippen LogP contribution < -0.4 is 4.90 Å². The summed E-state index contributed by atoms with van der Waals surface area (Å²) in [4.78, 5) is 2.18. The monoisotopic (exact) mass is 288 g/mol. The Bertz CT molecular complexity index is 515. The van der Waals surface area contributed by atoms with E-state index in [0.29, 0.717) is 5.02 Å². The van der Waals surface area contributed by atoms with E-state index in [4.69, 9.17) is 11.6 Å². The summed E-state index contributed by atoms with van der Waals surface area (Å²) in [5.74, 6) is 0. The van der Waals surface area contributed by atoms with Crippen LogP contribution in [0.25, 0.3) is 0 Å². The molecule has 6 heteroatoms. The summed E-state index contributed by atoms with van der Waals surface area (Å²) < 4.78 is 24.5. The van der Waals surface area contributed by atoms with Gasteiger partial charge in [-0.15, -0.1) is 0 Å². The van der Waals surface area contributed by atoms with Crippen molar-refractivity contribution < 1.29 is 8.42 Å². The highest BCUT2D eigenvalue weighted by molar-refractivity contribution is 7.88. The molecule has 4 nitrogen and oxygen atoms in total. The van der Waals surface area contributed by atoms with E-state index >= 15 is 0 Å². The Morgan fingerprint density at radius 2 is 1.94 bits per heavy atom. The van der Waals surface area contributed by atoms with Crippen molar-refractivity contribution in [1.82, 2.24) is 4.31 Å². The zero-order valence-corrected chi connectivity index (χ0v) is 12.1. The van der Waals surface area contributed by atoms with Crippen LogP contribution in [0.5, 0.6) is 0 Å². The molecule has 0 aromatic heterocycles. The Labute approximate surface area is 113 Å². The normalized spacial score (nSPS) is 20.7. The van der Waals surface area contributed by atoms with Crippen LogP contribution in [0.15, 0.2) is 24.3 Å². The number of rotatable bonds is 3. The average Bonchev–Trinajstić information content (AvgIpc) is 2.77. The fourth-order valence-electron chi connectivity index (χ4n) is 2.20. The molecule has 1 fully saturated rings. The van der Waals surface area contributed by atoms with Crippen molar-refractivity contribution in [3.8, 4) is 0 Å². The van der Waals surface area contributed by atoms with Crippen LogP contribution >= 0.6 is 11.6 Å².